The van der Waals surface area contributed by atoms with Crippen molar-refractivity contribution in [3.8, 4) is 0 Å². The lowest BCUT2D eigenvalue weighted by molar-refractivity contribution is -0.220. The number of ether oxygens (including phenoxy) is 4. The zero-order valence-electron chi connectivity index (χ0n) is 16.3. The minimum atomic E-state index is -0.224. The topological polar surface area (TPSA) is 36.9 Å². The summed E-state index contributed by atoms with van der Waals surface area (Å²) in [5.41, 5.74) is 2.35. The summed E-state index contributed by atoms with van der Waals surface area (Å²) in [6.45, 7) is 7.51. The molecule has 0 aliphatic carbocycles. The molecule has 2 fully saturated rings. The summed E-state index contributed by atoms with van der Waals surface area (Å²) in [5, 5.41) is 0. The predicted octanol–water partition coefficient (Wildman–Crippen LogP) is 5.01. The van der Waals surface area contributed by atoms with Crippen molar-refractivity contribution in [2.75, 3.05) is 26.4 Å². The normalized spacial score (nSPS) is 29.6. The lowest BCUT2D eigenvalue weighted by Crippen LogP contribution is -2.33. The van der Waals surface area contributed by atoms with Crippen LogP contribution in [-0.2, 0) is 18.9 Å². The minimum absolute atomic E-state index is 0.0488. The van der Waals surface area contributed by atoms with Crippen LogP contribution in [0.1, 0.15) is 62.9 Å². The van der Waals surface area contributed by atoms with Crippen molar-refractivity contribution in [1.29, 1.82) is 0 Å². The molecule has 0 bridgehead atoms. The predicted molar refractivity (Wildman–Crippen MR) is 102 cm³/mol. The fraction of sp³-hybridized carbons (Fsp3) is 0.727. The zero-order valence-corrected chi connectivity index (χ0v) is 16.3. The smallest absolute Gasteiger partial charge is 0.183 e. The molecule has 3 rings (SSSR count). The van der Waals surface area contributed by atoms with Gasteiger partial charge in [0.2, 0.25) is 0 Å². The molecule has 2 saturated heterocycles. The molecule has 0 saturated carbocycles. The number of hydrogen-bond acceptors (Lipinski definition) is 4. The first-order valence-electron chi connectivity index (χ1n) is 10.3. The van der Waals surface area contributed by atoms with Crippen molar-refractivity contribution in [3.05, 3.63) is 35.4 Å². The molecule has 26 heavy (non-hydrogen) atoms. The quantitative estimate of drug-likeness (QED) is 0.609. The lowest BCUT2D eigenvalue weighted by atomic mass is 10.0. The molecule has 146 valence electrons. The Morgan fingerprint density at radius 1 is 0.769 bits per heavy atom. The first-order chi connectivity index (χ1) is 12.7. The third kappa shape index (κ3) is 6.05. The highest BCUT2D eigenvalue weighted by Gasteiger charge is 2.26. The first kappa shape index (κ1) is 19.8. The molecular formula is C22H34O4. The van der Waals surface area contributed by atoms with Crippen molar-refractivity contribution < 1.29 is 18.9 Å². The molecular weight excluding hydrogens is 328 g/mol. The molecule has 0 N–H and O–H groups in total. The van der Waals surface area contributed by atoms with Crippen molar-refractivity contribution in [2.24, 2.45) is 11.8 Å². The Kier molecular flexibility index (Phi) is 7.93. The average molecular weight is 363 g/mol. The van der Waals surface area contributed by atoms with Crippen LogP contribution in [0.15, 0.2) is 24.3 Å². The second-order valence-corrected chi connectivity index (χ2v) is 7.81. The summed E-state index contributed by atoms with van der Waals surface area (Å²) in [6, 6.07) is 8.37. The summed E-state index contributed by atoms with van der Waals surface area (Å²) in [6.07, 6.45) is 6.77. The lowest BCUT2D eigenvalue weighted by Gasteiger charge is -2.32. The van der Waals surface area contributed by atoms with E-state index < -0.39 is 0 Å². The minimum Gasteiger partial charge on any atom is -0.352 e. The maximum atomic E-state index is 5.92. The summed E-state index contributed by atoms with van der Waals surface area (Å²) < 4.78 is 23.7. The molecule has 2 aliphatic rings. The standard InChI is InChI=1S/C22H34O4/c1-3-4-5-6-18-13-23-21(24-14-18)12-9-19-15-25-22(26-16-19)20-10-7-17(2)8-11-20/h7-8,10-11,18-19,21-22H,3-6,9,12-16H2,1-2H3/t18-,19-,21-,22-. The monoisotopic (exact) mass is 362 g/mol. The Hall–Kier alpha value is -0.940. The van der Waals surface area contributed by atoms with E-state index in [2.05, 4.69) is 38.1 Å². The van der Waals surface area contributed by atoms with Crippen LogP contribution in [0.4, 0.5) is 0 Å². The van der Waals surface area contributed by atoms with Gasteiger partial charge in [-0.15, -0.1) is 0 Å². The molecule has 0 unspecified atom stereocenters. The van der Waals surface area contributed by atoms with Gasteiger partial charge in [0.15, 0.2) is 12.6 Å². The Bertz CT molecular complexity index is 499. The van der Waals surface area contributed by atoms with Crippen LogP contribution < -0.4 is 0 Å². The number of aryl methyl sites for hydroxylation is 1. The molecule has 4 nitrogen and oxygen atoms in total. The van der Waals surface area contributed by atoms with E-state index in [1.807, 2.05) is 0 Å². The van der Waals surface area contributed by atoms with Gasteiger partial charge >= 0.3 is 0 Å². The van der Waals surface area contributed by atoms with E-state index in [4.69, 9.17) is 18.9 Å². The van der Waals surface area contributed by atoms with Gasteiger partial charge in [0.25, 0.3) is 0 Å². The summed E-state index contributed by atoms with van der Waals surface area (Å²) in [7, 11) is 0. The van der Waals surface area contributed by atoms with Gasteiger partial charge in [0.05, 0.1) is 26.4 Å². The third-order valence-electron chi connectivity index (χ3n) is 5.38. The van der Waals surface area contributed by atoms with Crippen molar-refractivity contribution in [1.82, 2.24) is 0 Å². The SMILES string of the molecule is CCCCC[C@H]1CO[C@H](CC[C@H]2CO[C@H](c3ccc(C)cc3)OC2)OC1. The van der Waals surface area contributed by atoms with Gasteiger partial charge in [-0.1, -0.05) is 56.0 Å². The number of hydrogen-bond donors (Lipinski definition) is 0. The molecule has 0 atom stereocenters. The molecule has 1 aromatic rings. The average Bonchev–Trinajstić information content (AvgIpc) is 2.69. The summed E-state index contributed by atoms with van der Waals surface area (Å²) >= 11 is 0. The summed E-state index contributed by atoms with van der Waals surface area (Å²) in [4.78, 5) is 0. The van der Waals surface area contributed by atoms with Crippen molar-refractivity contribution in [2.45, 2.75) is 65.0 Å². The molecule has 1 aromatic carbocycles. The highest BCUT2D eigenvalue weighted by Crippen LogP contribution is 2.28. The van der Waals surface area contributed by atoms with Crippen LogP contribution >= 0.6 is 0 Å². The van der Waals surface area contributed by atoms with E-state index in [9.17, 15) is 0 Å². The highest BCUT2D eigenvalue weighted by molar-refractivity contribution is 5.22. The van der Waals surface area contributed by atoms with Gasteiger partial charge in [-0.2, -0.15) is 0 Å². The van der Waals surface area contributed by atoms with Crippen LogP contribution in [0.3, 0.4) is 0 Å². The maximum Gasteiger partial charge on any atom is 0.183 e. The third-order valence-corrected chi connectivity index (χ3v) is 5.38. The highest BCUT2D eigenvalue weighted by atomic mass is 16.7. The van der Waals surface area contributed by atoms with Crippen LogP contribution in [0.25, 0.3) is 0 Å². The molecule has 2 heterocycles. The van der Waals surface area contributed by atoms with E-state index in [0.717, 1.165) is 44.8 Å². The van der Waals surface area contributed by atoms with E-state index in [-0.39, 0.29) is 12.6 Å². The van der Waals surface area contributed by atoms with Gasteiger partial charge in [-0.05, 0) is 26.2 Å². The second kappa shape index (κ2) is 10.4. The Morgan fingerprint density at radius 2 is 1.38 bits per heavy atom. The van der Waals surface area contributed by atoms with E-state index >= 15 is 0 Å². The zero-order chi connectivity index (χ0) is 18.2. The van der Waals surface area contributed by atoms with Gasteiger partial charge in [0, 0.05) is 17.4 Å². The Balaban J connectivity index is 1.30. The van der Waals surface area contributed by atoms with Gasteiger partial charge in [-0.25, -0.2) is 0 Å². The van der Waals surface area contributed by atoms with E-state index in [1.165, 1.54) is 31.2 Å². The van der Waals surface area contributed by atoms with Crippen molar-refractivity contribution in [3.63, 3.8) is 0 Å². The second-order valence-electron chi connectivity index (χ2n) is 7.81. The molecule has 0 aromatic heterocycles. The Morgan fingerprint density at radius 3 is 2.04 bits per heavy atom. The Labute approximate surface area is 158 Å². The van der Waals surface area contributed by atoms with Gasteiger partial charge in [-0.3, -0.25) is 0 Å². The van der Waals surface area contributed by atoms with E-state index in [1.54, 1.807) is 0 Å². The van der Waals surface area contributed by atoms with E-state index in [0.29, 0.717) is 11.8 Å². The largest absolute Gasteiger partial charge is 0.352 e. The fourth-order valence-corrected chi connectivity index (χ4v) is 3.60. The molecule has 4 heteroatoms. The molecule has 0 spiro atoms. The van der Waals surface area contributed by atoms with Crippen LogP contribution in [0.5, 0.6) is 0 Å². The molecule has 0 amide bonds. The molecule has 0 radical (unpaired) electrons. The van der Waals surface area contributed by atoms with Crippen LogP contribution in [0, 0.1) is 18.8 Å². The maximum absolute atomic E-state index is 5.92. The van der Waals surface area contributed by atoms with Crippen molar-refractivity contribution >= 4 is 0 Å². The fourth-order valence-electron chi connectivity index (χ4n) is 3.60. The van der Waals surface area contributed by atoms with Gasteiger partial charge < -0.3 is 18.9 Å². The number of unbranched alkanes of at least 4 members (excludes halogenated alkanes) is 2. The first-order valence-corrected chi connectivity index (χ1v) is 10.3. The van der Waals surface area contributed by atoms with Crippen LogP contribution in [-0.4, -0.2) is 32.7 Å². The molecule has 2 aliphatic heterocycles. The number of benzene rings is 1. The number of rotatable bonds is 8. The van der Waals surface area contributed by atoms with Gasteiger partial charge in [0.1, 0.15) is 0 Å². The summed E-state index contributed by atoms with van der Waals surface area (Å²) in [5.74, 6) is 1.00. The van der Waals surface area contributed by atoms with Crippen LogP contribution in [0.2, 0.25) is 0 Å².